The van der Waals surface area contributed by atoms with Crippen LogP contribution in [0.25, 0.3) is 0 Å². The highest BCUT2D eigenvalue weighted by Gasteiger charge is 2.18. The third kappa shape index (κ3) is 5.57. The summed E-state index contributed by atoms with van der Waals surface area (Å²) in [4.78, 5) is 38.3. The van der Waals surface area contributed by atoms with Gasteiger partial charge in [0, 0.05) is 42.6 Å². The monoisotopic (exact) mass is 394 g/mol. The Balaban J connectivity index is 1.53. The van der Waals surface area contributed by atoms with E-state index in [2.05, 4.69) is 16.0 Å². The SMILES string of the molecule is CNC(=O)c1ccc(NC(=O)CNc2cccc(C(=O)N3CCCCC3)c2)cc1. The number of rotatable bonds is 6. The van der Waals surface area contributed by atoms with Gasteiger partial charge in [-0.2, -0.15) is 0 Å². The topological polar surface area (TPSA) is 90.5 Å². The minimum Gasteiger partial charge on any atom is -0.376 e. The van der Waals surface area contributed by atoms with Crippen LogP contribution >= 0.6 is 0 Å². The largest absolute Gasteiger partial charge is 0.376 e. The van der Waals surface area contributed by atoms with Crippen LogP contribution in [0.2, 0.25) is 0 Å². The van der Waals surface area contributed by atoms with E-state index in [1.54, 1.807) is 43.4 Å². The molecule has 1 heterocycles. The summed E-state index contributed by atoms with van der Waals surface area (Å²) in [6.07, 6.45) is 3.27. The molecule has 1 fully saturated rings. The van der Waals surface area contributed by atoms with Gasteiger partial charge >= 0.3 is 0 Å². The summed E-state index contributed by atoms with van der Waals surface area (Å²) in [6, 6.07) is 13.9. The average molecular weight is 394 g/mol. The molecule has 0 saturated carbocycles. The van der Waals surface area contributed by atoms with Crippen LogP contribution in [-0.4, -0.2) is 49.3 Å². The highest BCUT2D eigenvalue weighted by atomic mass is 16.2. The molecule has 1 aliphatic heterocycles. The predicted octanol–water partition coefficient (Wildman–Crippen LogP) is 2.72. The number of piperidine rings is 1. The maximum absolute atomic E-state index is 12.6. The van der Waals surface area contributed by atoms with Gasteiger partial charge in [-0.15, -0.1) is 0 Å². The van der Waals surface area contributed by atoms with Gasteiger partial charge in [0.25, 0.3) is 11.8 Å². The number of carbonyl (C=O) groups is 3. The van der Waals surface area contributed by atoms with Gasteiger partial charge in [-0.25, -0.2) is 0 Å². The second-order valence-corrected chi connectivity index (χ2v) is 6.99. The van der Waals surface area contributed by atoms with Crippen molar-refractivity contribution in [3.8, 4) is 0 Å². The van der Waals surface area contributed by atoms with Crippen LogP contribution in [0, 0.1) is 0 Å². The van der Waals surface area contributed by atoms with Crippen molar-refractivity contribution in [2.45, 2.75) is 19.3 Å². The van der Waals surface area contributed by atoms with Crippen molar-refractivity contribution in [3.63, 3.8) is 0 Å². The van der Waals surface area contributed by atoms with Gasteiger partial charge in [-0.1, -0.05) is 6.07 Å². The molecule has 2 aromatic rings. The fourth-order valence-corrected chi connectivity index (χ4v) is 3.28. The molecule has 3 N–H and O–H groups in total. The highest BCUT2D eigenvalue weighted by molar-refractivity contribution is 5.97. The van der Waals surface area contributed by atoms with Gasteiger partial charge in [-0.05, 0) is 61.7 Å². The molecule has 0 spiro atoms. The first-order chi connectivity index (χ1) is 14.1. The van der Waals surface area contributed by atoms with Gasteiger partial charge < -0.3 is 20.9 Å². The van der Waals surface area contributed by atoms with Crippen molar-refractivity contribution >= 4 is 29.1 Å². The van der Waals surface area contributed by atoms with Crippen molar-refractivity contribution in [2.75, 3.05) is 37.3 Å². The Kier molecular flexibility index (Phi) is 6.84. The minimum atomic E-state index is -0.217. The van der Waals surface area contributed by atoms with Crippen LogP contribution in [0.1, 0.15) is 40.0 Å². The van der Waals surface area contributed by atoms with E-state index < -0.39 is 0 Å². The number of carbonyl (C=O) groups excluding carboxylic acids is 3. The van der Waals surface area contributed by atoms with Crippen LogP contribution in [0.4, 0.5) is 11.4 Å². The van der Waals surface area contributed by atoms with E-state index in [-0.39, 0.29) is 24.3 Å². The van der Waals surface area contributed by atoms with Crippen LogP contribution in [0.5, 0.6) is 0 Å². The first-order valence-corrected chi connectivity index (χ1v) is 9.82. The number of benzene rings is 2. The molecule has 0 radical (unpaired) electrons. The lowest BCUT2D eigenvalue weighted by Gasteiger charge is -2.26. The lowest BCUT2D eigenvalue weighted by Crippen LogP contribution is -2.35. The van der Waals surface area contributed by atoms with Crippen molar-refractivity contribution in [1.29, 1.82) is 0 Å². The second kappa shape index (κ2) is 9.73. The molecule has 0 unspecified atom stereocenters. The van der Waals surface area contributed by atoms with Crippen molar-refractivity contribution in [2.24, 2.45) is 0 Å². The number of hydrogen-bond donors (Lipinski definition) is 3. The quantitative estimate of drug-likeness (QED) is 0.703. The maximum atomic E-state index is 12.6. The molecule has 29 heavy (non-hydrogen) atoms. The molecule has 7 heteroatoms. The summed E-state index contributed by atoms with van der Waals surface area (Å²) in [5.41, 5.74) is 2.48. The molecule has 3 rings (SSSR count). The van der Waals surface area contributed by atoms with Gasteiger partial charge in [0.2, 0.25) is 5.91 Å². The van der Waals surface area contributed by atoms with E-state index in [1.165, 1.54) is 6.42 Å². The standard InChI is InChI=1S/C22H26N4O3/c1-23-21(28)16-8-10-18(11-9-16)25-20(27)15-24-19-7-5-6-17(14-19)22(29)26-12-3-2-4-13-26/h5-11,14,24H,2-4,12-13,15H2,1H3,(H,23,28)(H,25,27). The zero-order valence-electron chi connectivity index (χ0n) is 16.5. The molecule has 0 aromatic heterocycles. The number of nitrogens with one attached hydrogen (secondary N) is 3. The highest BCUT2D eigenvalue weighted by Crippen LogP contribution is 2.16. The number of hydrogen-bond acceptors (Lipinski definition) is 4. The first-order valence-electron chi connectivity index (χ1n) is 9.82. The zero-order chi connectivity index (χ0) is 20.6. The average Bonchev–Trinajstić information content (AvgIpc) is 2.78. The van der Waals surface area contributed by atoms with Crippen LogP contribution in [0.15, 0.2) is 48.5 Å². The second-order valence-electron chi connectivity index (χ2n) is 6.99. The van der Waals surface area contributed by atoms with E-state index >= 15 is 0 Å². The number of nitrogens with zero attached hydrogens (tertiary/aromatic N) is 1. The molecule has 2 aromatic carbocycles. The molecule has 0 aliphatic carbocycles. The molecule has 0 atom stereocenters. The Morgan fingerprint density at radius 1 is 0.897 bits per heavy atom. The Hall–Kier alpha value is -3.35. The molecular weight excluding hydrogens is 368 g/mol. The minimum absolute atomic E-state index is 0.0361. The lowest BCUT2D eigenvalue weighted by atomic mass is 10.1. The fourth-order valence-electron chi connectivity index (χ4n) is 3.28. The Bertz CT molecular complexity index is 874. The van der Waals surface area contributed by atoms with E-state index in [0.29, 0.717) is 16.8 Å². The van der Waals surface area contributed by atoms with Gasteiger partial charge in [0.15, 0.2) is 0 Å². The molecule has 0 bridgehead atoms. The summed E-state index contributed by atoms with van der Waals surface area (Å²) in [5.74, 6) is -0.358. The molecular formula is C22H26N4O3. The van der Waals surface area contributed by atoms with Crippen LogP contribution in [-0.2, 0) is 4.79 Å². The smallest absolute Gasteiger partial charge is 0.253 e. The molecule has 7 nitrogen and oxygen atoms in total. The maximum Gasteiger partial charge on any atom is 0.253 e. The summed E-state index contributed by atoms with van der Waals surface area (Å²) < 4.78 is 0. The van der Waals surface area contributed by atoms with Crippen LogP contribution < -0.4 is 16.0 Å². The van der Waals surface area contributed by atoms with E-state index in [9.17, 15) is 14.4 Å². The summed E-state index contributed by atoms with van der Waals surface area (Å²) in [5, 5.41) is 8.38. The van der Waals surface area contributed by atoms with Gasteiger partial charge in [-0.3, -0.25) is 14.4 Å². The third-order valence-corrected chi connectivity index (χ3v) is 4.86. The number of anilines is 2. The molecule has 1 aliphatic rings. The molecule has 1 saturated heterocycles. The first kappa shape index (κ1) is 20.4. The normalized spacial score (nSPS) is 13.5. The summed E-state index contributed by atoms with van der Waals surface area (Å²) in [6.45, 7) is 1.67. The molecule has 3 amide bonds. The van der Waals surface area contributed by atoms with E-state index in [4.69, 9.17) is 0 Å². The third-order valence-electron chi connectivity index (χ3n) is 4.86. The van der Waals surface area contributed by atoms with E-state index in [1.807, 2.05) is 17.0 Å². The fraction of sp³-hybridized carbons (Fsp3) is 0.318. The van der Waals surface area contributed by atoms with E-state index in [0.717, 1.165) is 31.6 Å². The Morgan fingerprint density at radius 2 is 1.62 bits per heavy atom. The van der Waals surface area contributed by atoms with Gasteiger partial charge in [0.1, 0.15) is 0 Å². The lowest BCUT2D eigenvalue weighted by molar-refractivity contribution is -0.114. The van der Waals surface area contributed by atoms with Crippen LogP contribution in [0.3, 0.4) is 0 Å². The number of likely N-dealkylation sites (tertiary alicyclic amines) is 1. The van der Waals surface area contributed by atoms with Gasteiger partial charge in [0.05, 0.1) is 6.54 Å². The predicted molar refractivity (Wildman–Crippen MR) is 113 cm³/mol. The van der Waals surface area contributed by atoms with Crippen molar-refractivity contribution in [1.82, 2.24) is 10.2 Å². The molecule has 152 valence electrons. The van der Waals surface area contributed by atoms with Crippen molar-refractivity contribution < 1.29 is 14.4 Å². The summed E-state index contributed by atoms with van der Waals surface area (Å²) in [7, 11) is 1.57. The Morgan fingerprint density at radius 3 is 2.31 bits per heavy atom. The number of amides is 3. The summed E-state index contributed by atoms with van der Waals surface area (Å²) >= 11 is 0. The van der Waals surface area contributed by atoms with Crippen molar-refractivity contribution in [3.05, 3.63) is 59.7 Å². The Labute approximate surface area is 170 Å². The zero-order valence-corrected chi connectivity index (χ0v) is 16.5.